The number of aliphatic imine (C=N–C) groups is 1. The summed E-state index contributed by atoms with van der Waals surface area (Å²) in [6.07, 6.45) is -2.17. The Morgan fingerprint density at radius 1 is 1.20 bits per heavy atom. The lowest BCUT2D eigenvalue weighted by Gasteiger charge is -2.18. The lowest BCUT2D eigenvalue weighted by molar-refractivity contribution is -0.140. The fourth-order valence-corrected chi connectivity index (χ4v) is 3.33. The van der Waals surface area contributed by atoms with E-state index < -0.39 is 11.9 Å². The molecule has 162 valence electrons. The molecule has 0 bridgehead atoms. The average Bonchev–Trinajstić information content (AvgIpc) is 3.38. The predicted octanol–water partition coefficient (Wildman–Crippen LogP) is 5.41. The van der Waals surface area contributed by atoms with Crippen molar-refractivity contribution < 1.29 is 17.6 Å². The topological polar surface area (TPSA) is 62.5 Å². The molecule has 1 aromatic carbocycles. The van der Waals surface area contributed by atoms with Gasteiger partial charge in [0.2, 0.25) is 0 Å². The molecular formula is C20H22F3IN4OS. The summed E-state index contributed by atoms with van der Waals surface area (Å²) in [7, 11) is 0. The van der Waals surface area contributed by atoms with Crippen LogP contribution in [0.25, 0.3) is 0 Å². The van der Waals surface area contributed by atoms with Crippen molar-refractivity contribution in [3.8, 4) is 0 Å². The molecule has 10 heteroatoms. The first-order chi connectivity index (χ1) is 13.9. The number of benzene rings is 1. The lowest BCUT2D eigenvalue weighted by Crippen LogP contribution is -2.39. The standard InChI is InChI=1S/C20H21F3N4OS.HI/c1-14(15-6-3-2-4-7-15)26-19(24-10-9-16-8-5-11-28-16)25-12-18-27-17(13-29-18)20(21,22)23;/h2-8,11,13-14H,9-10,12H2,1H3,(H2,24,25,26);1H. The summed E-state index contributed by atoms with van der Waals surface area (Å²) in [6.45, 7) is 2.61. The van der Waals surface area contributed by atoms with E-state index in [1.165, 1.54) is 0 Å². The number of guanidine groups is 1. The Morgan fingerprint density at radius 2 is 1.97 bits per heavy atom. The number of hydrogen-bond acceptors (Lipinski definition) is 4. The molecule has 0 fully saturated rings. The van der Waals surface area contributed by atoms with Crippen LogP contribution in [0.15, 0.2) is 63.5 Å². The maximum absolute atomic E-state index is 12.7. The first-order valence-electron chi connectivity index (χ1n) is 9.05. The Hall–Kier alpha value is -2.08. The molecule has 0 spiro atoms. The molecule has 0 aliphatic heterocycles. The number of nitrogens with one attached hydrogen (secondary N) is 2. The molecule has 3 rings (SSSR count). The number of thiazole rings is 1. The third-order valence-corrected chi connectivity index (χ3v) is 4.94. The molecule has 0 saturated heterocycles. The predicted molar refractivity (Wildman–Crippen MR) is 122 cm³/mol. The highest BCUT2D eigenvalue weighted by Gasteiger charge is 2.33. The maximum Gasteiger partial charge on any atom is 0.434 e. The van der Waals surface area contributed by atoms with E-state index in [0.29, 0.717) is 23.9 Å². The Bertz CT molecular complexity index is 914. The number of hydrogen-bond donors (Lipinski definition) is 2. The molecule has 2 aromatic heterocycles. The first-order valence-corrected chi connectivity index (χ1v) is 9.93. The number of alkyl halides is 3. The summed E-state index contributed by atoms with van der Waals surface area (Å²) in [5.74, 6) is 1.33. The van der Waals surface area contributed by atoms with Gasteiger partial charge in [-0.05, 0) is 24.6 Å². The van der Waals surface area contributed by atoms with Crippen molar-refractivity contribution in [2.75, 3.05) is 6.54 Å². The van der Waals surface area contributed by atoms with Crippen LogP contribution in [-0.2, 0) is 19.1 Å². The zero-order chi connectivity index (χ0) is 20.7. The zero-order valence-electron chi connectivity index (χ0n) is 16.1. The van der Waals surface area contributed by atoms with Gasteiger partial charge in [0.05, 0.1) is 18.8 Å². The zero-order valence-corrected chi connectivity index (χ0v) is 19.3. The van der Waals surface area contributed by atoms with Crippen LogP contribution in [0.3, 0.4) is 0 Å². The Kier molecular flexibility index (Phi) is 9.15. The molecule has 0 radical (unpaired) electrons. The Morgan fingerprint density at radius 3 is 2.60 bits per heavy atom. The van der Waals surface area contributed by atoms with Crippen LogP contribution >= 0.6 is 35.3 Å². The van der Waals surface area contributed by atoms with Gasteiger partial charge < -0.3 is 15.1 Å². The molecule has 0 aliphatic carbocycles. The summed E-state index contributed by atoms with van der Waals surface area (Å²) in [5, 5.41) is 7.79. The molecule has 2 heterocycles. The van der Waals surface area contributed by atoms with Gasteiger partial charge >= 0.3 is 6.18 Å². The quantitative estimate of drug-likeness (QED) is 0.235. The van der Waals surface area contributed by atoms with Gasteiger partial charge in [-0.2, -0.15) is 13.2 Å². The molecule has 3 aromatic rings. The summed E-state index contributed by atoms with van der Waals surface area (Å²) in [6, 6.07) is 13.5. The van der Waals surface area contributed by atoms with Crippen molar-refractivity contribution in [1.29, 1.82) is 0 Å². The van der Waals surface area contributed by atoms with Gasteiger partial charge in [-0.1, -0.05) is 30.3 Å². The SMILES string of the molecule is CC(NC(=NCc1nc(C(F)(F)F)cs1)NCCc1ccco1)c1ccccc1.I. The first kappa shape index (κ1) is 24.2. The minimum Gasteiger partial charge on any atom is -0.469 e. The van der Waals surface area contributed by atoms with E-state index in [4.69, 9.17) is 4.42 Å². The van der Waals surface area contributed by atoms with Crippen LogP contribution in [0.5, 0.6) is 0 Å². The second-order valence-electron chi connectivity index (χ2n) is 6.32. The largest absolute Gasteiger partial charge is 0.469 e. The number of aromatic nitrogens is 1. The van der Waals surface area contributed by atoms with Crippen molar-refractivity contribution in [1.82, 2.24) is 15.6 Å². The van der Waals surface area contributed by atoms with Crippen molar-refractivity contribution in [2.45, 2.75) is 32.1 Å². The van der Waals surface area contributed by atoms with Gasteiger partial charge in [0.15, 0.2) is 11.7 Å². The molecule has 5 nitrogen and oxygen atoms in total. The van der Waals surface area contributed by atoms with E-state index in [9.17, 15) is 13.2 Å². The molecule has 0 amide bonds. The monoisotopic (exact) mass is 550 g/mol. The second-order valence-corrected chi connectivity index (χ2v) is 7.26. The molecule has 1 atom stereocenters. The van der Waals surface area contributed by atoms with E-state index in [-0.39, 0.29) is 36.6 Å². The highest BCUT2D eigenvalue weighted by Crippen LogP contribution is 2.30. The third kappa shape index (κ3) is 7.31. The lowest BCUT2D eigenvalue weighted by atomic mass is 10.1. The maximum atomic E-state index is 12.7. The van der Waals surface area contributed by atoms with Gasteiger partial charge in [-0.25, -0.2) is 9.98 Å². The summed E-state index contributed by atoms with van der Waals surface area (Å²) in [4.78, 5) is 8.05. The number of halogens is 4. The molecule has 1 unspecified atom stereocenters. The minimum atomic E-state index is -4.44. The van der Waals surface area contributed by atoms with E-state index in [1.807, 2.05) is 49.4 Å². The Labute approximate surface area is 193 Å². The van der Waals surface area contributed by atoms with Crippen LogP contribution in [-0.4, -0.2) is 17.5 Å². The van der Waals surface area contributed by atoms with Crippen LogP contribution in [0.4, 0.5) is 13.2 Å². The van der Waals surface area contributed by atoms with Crippen LogP contribution in [0.1, 0.15) is 35.0 Å². The van der Waals surface area contributed by atoms with Gasteiger partial charge in [0.25, 0.3) is 0 Å². The Balaban J connectivity index is 0.00000320. The summed E-state index contributed by atoms with van der Waals surface area (Å²) < 4.78 is 43.5. The normalized spacial score (nSPS) is 12.9. The number of nitrogens with zero attached hydrogens (tertiary/aromatic N) is 2. The molecular weight excluding hydrogens is 528 g/mol. The summed E-state index contributed by atoms with van der Waals surface area (Å²) >= 11 is 0.947. The highest BCUT2D eigenvalue weighted by molar-refractivity contribution is 14.0. The fourth-order valence-electron chi connectivity index (χ4n) is 2.60. The minimum absolute atomic E-state index is 0. The molecule has 30 heavy (non-hydrogen) atoms. The van der Waals surface area contributed by atoms with E-state index in [1.54, 1.807) is 6.26 Å². The van der Waals surface area contributed by atoms with E-state index in [0.717, 1.165) is 28.0 Å². The van der Waals surface area contributed by atoms with Crippen molar-refractivity contribution >= 4 is 41.3 Å². The van der Waals surface area contributed by atoms with E-state index >= 15 is 0 Å². The van der Waals surface area contributed by atoms with Gasteiger partial charge in [-0.3, -0.25) is 0 Å². The number of rotatable bonds is 7. The van der Waals surface area contributed by atoms with Crippen molar-refractivity contribution in [2.24, 2.45) is 4.99 Å². The highest BCUT2D eigenvalue weighted by atomic mass is 127. The van der Waals surface area contributed by atoms with Crippen LogP contribution in [0.2, 0.25) is 0 Å². The van der Waals surface area contributed by atoms with Gasteiger partial charge in [0, 0.05) is 18.3 Å². The van der Waals surface area contributed by atoms with Crippen molar-refractivity contribution in [3.63, 3.8) is 0 Å². The van der Waals surface area contributed by atoms with E-state index in [2.05, 4.69) is 20.6 Å². The summed E-state index contributed by atoms with van der Waals surface area (Å²) in [5.41, 5.74) is 0.187. The van der Waals surface area contributed by atoms with Crippen LogP contribution in [0, 0.1) is 0 Å². The molecule has 2 N–H and O–H groups in total. The van der Waals surface area contributed by atoms with Crippen LogP contribution < -0.4 is 10.6 Å². The second kappa shape index (κ2) is 11.3. The average molecular weight is 550 g/mol. The molecule has 0 saturated carbocycles. The number of furan rings is 1. The third-order valence-electron chi connectivity index (χ3n) is 4.11. The fraction of sp³-hybridized carbons (Fsp3) is 0.300. The molecule has 0 aliphatic rings. The van der Waals surface area contributed by atoms with Gasteiger partial charge in [-0.15, -0.1) is 35.3 Å². The van der Waals surface area contributed by atoms with Gasteiger partial charge in [0.1, 0.15) is 10.8 Å². The smallest absolute Gasteiger partial charge is 0.434 e. The van der Waals surface area contributed by atoms with Crippen molar-refractivity contribution in [3.05, 3.63) is 76.1 Å².